The Hall–Kier alpha value is -0.920. The third kappa shape index (κ3) is 3.61. The highest BCUT2D eigenvalue weighted by molar-refractivity contribution is 7.80. The Balaban J connectivity index is 1.52. The average Bonchev–Trinajstić information content (AvgIpc) is 3.17. The maximum atomic E-state index is 12.8. The minimum atomic E-state index is -4.50. The number of aliphatic carboxylic acids is 1. The van der Waals surface area contributed by atoms with E-state index in [4.69, 9.17) is 4.18 Å². The molecule has 0 spiro atoms. The molecule has 5 saturated carbocycles. The highest BCUT2D eigenvalue weighted by Crippen LogP contribution is 2.77. The fraction of sp³-hybridized carbons (Fsp3) is 0.900. The predicted molar refractivity (Wildman–Crippen MR) is 143 cm³/mol. The van der Waals surface area contributed by atoms with E-state index in [1.165, 1.54) is 0 Å². The molecule has 5 rings (SSSR count). The summed E-state index contributed by atoms with van der Waals surface area (Å²) in [6, 6.07) is 0. The molecule has 0 amide bonds. The van der Waals surface area contributed by atoms with Crippen molar-refractivity contribution < 1.29 is 27.1 Å². The van der Waals surface area contributed by atoms with Crippen LogP contribution in [0.4, 0.5) is 0 Å². The Morgan fingerprint density at radius 1 is 0.865 bits per heavy atom. The summed E-state index contributed by atoms with van der Waals surface area (Å²) in [5.41, 5.74) is 0.390. The Bertz CT molecular complexity index is 1100. The number of fused-ring (bicyclic) bond motifs is 7. The summed E-state index contributed by atoms with van der Waals surface area (Å²) in [6.45, 7) is 18.1. The van der Waals surface area contributed by atoms with Crippen molar-refractivity contribution in [3.05, 3.63) is 12.2 Å². The molecule has 0 heterocycles. The van der Waals surface area contributed by atoms with Gasteiger partial charge in [-0.1, -0.05) is 46.8 Å². The SMILES string of the molecule is C=C(C)[C@@H]1CC[C@]2(C(=O)O)CC[C@]3(C)C(CCC4[C@@]5(C)CC[C@H](OS(=O)(=O)O)C(C)(C)C5CC[C@]43C)C12. The van der Waals surface area contributed by atoms with Crippen LogP contribution in [0.25, 0.3) is 0 Å². The number of carboxylic acids is 1. The third-order valence-corrected chi connectivity index (χ3v) is 14.1. The van der Waals surface area contributed by atoms with Crippen LogP contribution in [0.1, 0.15) is 106 Å². The molecule has 37 heavy (non-hydrogen) atoms. The number of carbonyl (C=O) groups is 1. The van der Waals surface area contributed by atoms with Gasteiger partial charge in [0.15, 0.2) is 0 Å². The smallest absolute Gasteiger partial charge is 0.397 e. The molecular formula is C30H48O6S. The highest BCUT2D eigenvalue weighted by Gasteiger charge is 2.72. The second-order valence-electron chi connectivity index (χ2n) is 15.0. The van der Waals surface area contributed by atoms with Crippen LogP contribution in [0.3, 0.4) is 0 Å². The zero-order chi connectivity index (χ0) is 27.4. The van der Waals surface area contributed by atoms with E-state index in [-0.39, 0.29) is 27.6 Å². The van der Waals surface area contributed by atoms with Gasteiger partial charge in [-0.25, -0.2) is 4.18 Å². The lowest BCUT2D eigenvalue weighted by Crippen LogP contribution is -2.67. The molecule has 2 N–H and O–H groups in total. The lowest BCUT2D eigenvalue weighted by molar-refractivity contribution is -0.246. The number of hydrogen-bond acceptors (Lipinski definition) is 4. The lowest BCUT2D eigenvalue weighted by atomic mass is 9.32. The monoisotopic (exact) mass is 536 g/mol. The molecule has 10 atom stereocenters. The van der Waals surface area contributed by atoms with Gasteiger partial charge in [0.2, 0.25) is 0 Å². The molecule has 0 saturated heterocycles. The van der Waals surface area contributed by atoms with Gasteiger partial charge < -0.3 is 5.11 Å². The summed E-state index contributed by atoms with van der Waals surface area (Å²) in [5.74, 6) is 1.04. The lowest BCUT2D eigenvalue weighted by Gasteiger charge is -2.72. The zero-order valence-electron chi connectivity index (χ0n) is 23.7. The number of hydrogen-bond donors (Lipinski definition) is 2. The van der Waals surface area contributed by atoms with Crippen LogP contribution < -0.4 is 0 Å². The van der Waals surface area contributed by atoms with Gasteiger partial charge in [-0.3, -0.25) is 9.35 Å². The van der Waals surface area contributed by atoms with Gasteiger partial charge in [-0.15, -0.1) is 0 Å². The topological polar surface area (TPSA) is 101 Å². The Morgan fingerprint density at radius 3 is 2.14 bits per heavy atom. The van der Waals surface area contributed by atoms with Crippen molar-refractivity contribution in [3.8, 4) is 0 Å². The molecule has 0 aromatic heterocycles. The van der Waals surface area contributed by atoms with E-state index in [0.717, 1.165) is 63.4 Å². The van der Waals surface area contributed by atoms with Gasteiger partial charge >= 0.3 is 16.4 Å². The molecule has 5 aliphatic carbocycles. The van der Waals surface area contributed by atoms with E-state index < -0.39 is 27.9 Å². The van der Waals surface area contributed by atoms with Crippen molar-refractivity contribution in [1.29, 1.82) is 0 Å². The molecular weight excluding hydrogens is 488 g/mol. The summed E-state index contributed by atoms with van der Waals surface area (Å²) in [5, 5.41) is 10.5. The molecule has 0 aromatic rings. The summed E-state index contributed by atoms with van der Waals surface area (Å²) in [4.78, 5) is 12.8. The van der Waals surface area contributed by atoms with Crippen LogP contribution in [0.2, 0.25) is 0 Å². The van der Waals surface area contributed by atoms with Crippen LogP contribution >= 0.6 is 0 Å². The molecule has 5 aliphatic rings. The molecule has 0 radical (unpaired) electrons. The van der Waals surface area contributed by atoms with Crippen molar-refractivity contribution in [3.63, 3.8) is 0 Å². The molecule has 4 unspecified atom stereocenters. The maximum Gasteiger partial charge on any atom is 0.397 e. The summed E-state index contributed by atoms with van der Waals surface area (Å²) in [7, 11) is -4.50. The van der Waals surface area contributed by atoms with Crippen LogP contribution in [0.5, 0.6) is 0 Å². The van der Waals surface area contributed by atoms with Crippen molar-refractivity contribution in [1.82, 2.24) is 0 Å². The van der Waals surface area contributed by atoms with Crippen molar-refractivity contribution in [2.45, 2.75) is 112 Å². The van der Waals surface area contributed by atoms with Crippen molar-refractivity contribution >= 4 is 16.4 Å². The van der Waals surface area contributed by atoms with Gasteiger partial charge in [-0.05, 0) is 122 Å². The fourth-order valence-corrected chi connectivity index (χ4v) is 12.4. The van der Waals surface area contributed by atoms with E-state index in [0.29, 0.717) is 30.1 Å². The van der Waals surface area contributed by atoms with E-state index in [1.54, 1.807) is 0 Å². The molecule has 5 fully saturated rings. The molecule has 7 heteroatoms. The van der Waals surface area contributed by atoms with Crippen molar-refractivity contribution in [2.24, 2.45) is 56.7 Å². The van der Waals surface area contributed by atoms with E-state index >= 15 is 0 Å². The Kier molecular flexibility index (Phi) is 6.20. The Morgan fingerprint density at radius 2 is 1.54 bits per heavy atom. The van der Waals surface area contributed by atoms with Gasteiger partial charge in [0.1, 0.15) is 0 Å². The third-order valence-electron chi connectivity index (χ3n) is 13.7. The average molecular weight is 537 g/mol. The van der Waals surface area contributed by atoms with Crippen LogP contribution in [-0.4, -0.2) is 30.2 Å². The first kappa shape index (κ1) is 27.6. The summed E-state index contributed by atoms with van der Waals surface area (Å²) >= 11 is 0. The van der Waals surface area contributed by atoms with Gasteiger partial charge in [0.05, 0.1) is 11.5 Å². The van der Waals surface area contributed by atoms with Crippen LogP contribution in [-0.2, 0) is 19.4 Å². The van der Waals surface area contributed by atoms with E-state index in [9.17, 15) is 22.9 Å². The summed E-state index contributed by atoms with van der Waals surface area (Å²) in [6.07, 6.45) is 8.68. The highest BCUT2D eigenvalue weighted by atomic mass is 32.3. The fourth-order valence-electron chi connectivity index (χ4n) is 11.8. The predicted octanol–water partition coefficient (Wildman–Crippen LogP) is 6.92. The zero-order valence-corrected chi connectivity index (χ0v) is 24.5. The second-order valence-corrected chi connectivity index (χ2v) is 16.1. The Labute approximate surface area is 224 Å². The first-order valence-corrected chi connectivity index (χ1v) is 15.8. The quantitative estimate of drug-likeness (QED) is 0.299. The molecule has 0 aliphatic heterocycles. The first-order chi connectivity index (χ1) is 16.9. The normalized spacial score (nSPS) is 50.8. The number of allylic oxidation sites excluding steroid dienone is 1. The molecule has 0 bridgehead atoms. The minimum Gasteiger partial charge on any atom is -0.481 e. The largest absolute Gasteiger partial charge is 0.481 e. The number of carboxylic acid groups (broad SMARTS) is 1. The van der Waals surface area contributed by atoms with Crippen molar-refractivity contribution in [2.75, 3.05) is 0 Å². The number of rotatable bonds is 4. The molecule has 0 aromatic carbocycles. The van der Waals surface area contributed by atoms with Crippen LogP contribution in [0.15, 0.2) is 12.2 Å². The van der Waals surface area contributed by atoms with E-state index in [1.807, 2.05) is 0 Å². The van der Waals surface area contributed by atoms with Gasteiger partial charge in [0.25, 0.3) is 0 Å². The standard InChI is InChI=1S/C30H48O6S/c1-18(2)19-10-15-30(25(31)32)17-16-28(6)20(24(19)30)8-9-22-27(5)13-12-23(36-37(33,34)35)26(3,4)21(27)11-14-29(22,28)7/h19-24H,1,8-17H2,2-7H3,(H,31,32)(H,33,34,35)/t19-,20?,21?,22?,23-,24?,27-,28+,29+,30-/m0/s1. The van der Waals surface area contributed by atoms with Gasteiger partial charge in [0, 0.05) is 0 Å². The van der Waals surface area contributed by atoms with Crippen LogP contribution in [0, 0.1) is 56.7 Å². The van der Waals surface area contributed by atoms with Gasteiger partial charge in [-0.2, -0.15) is 8.42 Å². The molecule has 210 valence electrons. The van der Waals surface area contributed by atoms with E-state index in [2.05, 4.69) is 48.1 Å². The first-order valence-electron chi connectivity index (χ1n) is 14.5. The summed E-state index contributed by atoms with van der Waals surface area (Å²) < 4.78 is 37.9. The maximum absolute atomic E-state index is 12.8. The second kappa shape index (κ2) is 8.30. The minimum absolute atomic E-state index is 0.0499. The molecule has 6 nitrogen and oxygen atoms in total.